The minimum absolute atomic E-state index is 0.433. The highest BCUT2D eigenvalue weighted by Crippen LogP contribution is 2.50. The van der Waals surface area contributed by atoms with E-state index in [0.29, 0.717) is 17.3 Å². The second-order valence-corrected chi connectivity index (χ2v) is 6.44. The van der Waals surface area contributed by atoms with Crippen LogP contribution in [0.15, 0.2) is 12.2 Å². The Morgan fingerprint density at radius 3 is 2.47 bits per heavy atom. The van der Waals surface area contributed by atoms with Crippen LogP contribution in [0.25, 0.3) is 0 Å². The van der Waals surface area contributed by atoms with Crippen molar-refractivity contribution in [1.82, 2.24) is 0 Å². The number of allylic oxidation sites excluding steroid dienone is 1. The van der Waals surface area contributed by atoms with Gasteiger partial charge in [0.1, 0.15) is 0 Å². The van der Waals surface area contributed by atoms with E-state index in [-0.39, 0.29) is 0 Å². The molecule has 0 aromatic heterocycles. The maximum absolute atomic E-state index is 5.29. The minimum Gasteiger partial charge on any atom is -0.384 e. The van der Waals surface area contributed by atoms with E-state index in [4.69, 9.17) is 4.74 Å². The number of ether oxygens (including phenoxy) is 1. The van der Waals surface area contributed by atoms with E-state index in [1.807, 2.05) is 0 Å². The van der Waals surface area contributed by atoms with Crippen molar-refractivity contribution in [3.63, 3.8) is 0 Å². The summed E-state index contributed by atoms with van der Waals surface area (Å²) < 4.78 is 5.29. The van der Waals surface area contributed by atoms with Crippen LogP contribution in [0.3, 0.4) is 0 Å². The molecular weight excluding hydrogens is 208 g/mol. The fourth-order valence-electron chi connectivity index (χ4n) is 3.30. The van der Waals surface area contributed by atoms with Crippen molar-refractivity contribution in [3.8, 4) is 0 Å². The number of hydrogen-bond acceptors (Lipinski definition) is 1. The predicted octanol–water partition coefficient (Wildman–Crippen LogP) is 4.68. The molecule has 1 rings (SSSR count). The Balaban J connectivity index is 2.58. The van der Waals surface area contributed by atoms with Gasteiger partial charge in [0.25, 0.3) is 0 Å². The van der Waals surface area contributed by atoms with Gasteiger partial charge >= 0.3 is 0 Å². The van der Waals surface area contributed by atoms with Crippen molar-refractivity contribution in [2.45, 2.75) is 53.4 Å². The monoisotopic (exact) mass is 238 g/mol. The second-order valence-electron chi connectivity index (χ2n) is 6.44. The zero-order valence-electron chi connectivity index (χ0n) is 12.4. The number of methoxy groups -OCH3 is 1. The van der Waals surface area contributed by atoms with Gasteiger partial charge in [-0.25, -0.2) is 0 Å². The van der Waals surface area contributed by atoms with E-state index in [1.165, 1.54) is 24.8 Å². The summed E-state index contributed by atoms with van der Waals surface area (Å²) in [5.41, 5.74) is 1.89. The van der Waals surface area contributed by atoms with Crippen LogP contribution in [0.2, 0.25) is 0 Å². The van der Waals surface area contributed by atoms with Crippen LogP contribution in [0.5, 0.6) is 0 Å². The van der Waals surface area contributed by atoms with E-state index in [0.717, 1.165) is 18.9 Å². The molecule has 100 valence electrons. The highest BCUT2D eigenvalue weighted by Gasteiger charge is 2.41. The normalized spacial score (nSPS) is 29.2. The van der Waals surface area contributed by atoms with E-state index in [1.54, 1.807) is 7.11 Å². The van der Waals surface area contributed by atoms with Crippen LogP contribution in [-0.2, 0) is 4.74 Å². The van der Waals surface area contributed by atoms with Gasteiger partial charge in [0.2, 0.25) is 0 Å². The number of hydrogen-bond donors (Lipinski definition) is 0. The van der Waals surface area contributed by atoms with Crippen LogP contribution in [0, 0.1) is 23.2 Å². The molecule has 0 radical (unpaired) electrons. The lowest BCUT2D eigenvalue weighted by molar-refractivity contribution is 0.144. The lowest BCUT2D eigenvalue weighted by Crippen LogP contribution is -2.25. The van der Waals surface area contributed by atoms with Gasteiger partial charge in [-0.05, 0) is 42.4 Å². The first-order chi connectivity index (χ1) is 7.93. The molecule has 0 heterocycles. The Kier molecular flexibility index (Phi) is 5.24. The van der Waals surface area contributed by atoms with Crippen LogP contribution >= 0.6 is 0 Å². The molecule has 0 aromatic rings. The minimum atomic E-state index is 0.433. The zero-order chi connectivity index (χ0) is 13.1. The molecule has 1 nitrogen and oxygen atoms in total. The molecule has 0 aliphatic heterocycles. The van der Waals surface area contributed by atoms with Crippen molar-refractivity contribution in [2.75, 3.05) is 13.7 Å². The molecule has 0 bridgehead atoms. The van der Waals surface area contributed by atoms with Gasteiger partial charge in [0.05, 0.1) is 0 Å². The van der Waals surface area contributed by atoms with Crippen LogP contribution < -0.4 is 0 Å². The smallest absolute Gasteiger partial charge is 0.0493 e. The van der Waals surface area contributed by atoms with Crippen LogP contribution in [-0.4, -0.2) is 13.7 Å². The molecule has 0 spiro atoms. The standard InChI is InChI=1S/C16H30O/c1-7-14(11-17-6)10-12(2)15-9-8-13(3)16(15,4)5/h13-15H,2,7-11H2,1,3-6H3/t13-,14?,15-/m1/s1. The van der Waals surface area contributed by atoms with Crippen molar-refractivity contribution in [2.24, 2.45) is 23.2 Å². The summed E-state index contributed by atoms with van der Waals surface area (Å²) in [5, 5.41) is 0. The molecule has 0 saturated heterocycles. The first-order valence-electron chi connectivity index (χ1n) is 7.10. The second kappa shape index (κ2) is 6.04. The molecule has 0 amide bonds. The molecule has 1 aliphatic rings. The fraction of sp³-hybridized carbons (Fsp3) is 0.875. The van der Waals surface area contributed by atoms with Gasteiger partial charge in [-0.2, -0.15) is 0 Å². The summed E-state index contributed by atoms with van der Waals surface area (Å²) in [6.07, 6.45) is 5.02. The quantitative estimate of drug-likeness (QED) is 0.611. The average molecular weight is 238 g/mol. The Hall–Kier alpha value is -0.300. The summed E-state index contributed by atoms with van der Waals surface area (Å²) >= 11 is 0. The van der Waals surface area contributed by atoms with Crippen LogP contribution in [0.1, 0.15) is 53.4 Å². The van der Waals surface area contributed by atoms with E-state index in [9.17, 15) is 0 Å². The van der Waals surface area contributed by atoms with Crippen molar-refractivity contribution >= 4 is 0 Å². The summed E-state index contributed by atoms with van der Waals surface area (Å²) in [7, 11) is 1.80. The SMILES string of the molecule is C=C(CC(CC)COC)[C@H]1CC[C@@H](C)C1(C)C. The van der Waals surface area contributed by atoms with E-state index < -0.39 is 0 Å². The zero-order valence-corrected chi connectivity index (χ0v) is 12.4. The van der Waals surface area contributed by atoms with Crippen molar-refractivity contribution in [3.05, 3.63) is 12.2 Å². The third kappa shape index (κ3) is 3.34. The Bertz CT molecular complexity index is 254. The van der Waals surface area contributed by atoms with Gasteiger partial charge in [-0.3, -0.25) is 0 Å². The van der Waals surface area contributed by atoms with Gasteiger partial charge in [0, 0.05) is 13.7 Å². The lowest BCUT2D eigenvalue weighted by atomic mass is 9.72. The maximum Gasteiger partial charge on any atom is 0.0493 e. The highest BCUT2D eigenvalue weighted by molar-refractivity contribution is 5.10. The van der Waals surface area contributed by atoms with Gasteiger partial charge < -0.3 is 4.74 Å². The first kappa shape index (κ1) is 14.8. The molecule has 17 heavy (non-hydrogen) atoms. The third-order valence-corrected chi connectivity index (χ3v) is 5.08. The summed E-state index contributed by atoms with van der Waals surface area (Å²) in [5.74, 6) is 2.19. The predicted molar refractivity (Wildman–Crippen MR) is 75.1 cm³/mol. The maximum atomic E-state index is 5.29. The summed E-state index contributed by atoms with van der Waals surface area (Å²) in [6, 6.07) is 0. The Morgan fingerprint density at radius 1 is 1.41 bits per heavy atom. The molecule has 3 atom stereocenters. The average Bonchev–Trinajstić information content (AvgIpc) is 2.53. The van der Waals surface area contributed by atoms with Crippen LogP contribution in [0.4, 0.5) is 0 Å². The molecule has 0 aromatic carbocycles. The molecule has 0 N–H and O–H groups in total. The van der Waals surface area contributed by atoms with Crippen molar-refractivity contribution in [1.29, 1.82) is 0 Å². The summed E-state index contributed by atoms with van der Waals surface area (Å²) in [4.78, 5) is 0. The lowest BCUT2D eigenvalue weighted by Gasteiger charge is -2.33. The van der Waals surface area contributed by atoms with Crippen molar-refractivity contribution < 1.29 is 4.74 Å². The number of rotatable bonds is 6. The molecular formula is C16H30O. The molecule has 1 fully saturated rings. The highest BCUT2D eigenvalue weighted by atomic mass is 16.5. The molecule has 1 aliphatic carbocycles. The fourth-order valence-corrected chi connectivity index (χ4v) is 3.30. The molecule has 1 heteroatoms. The van der Waals surface area contributed by atoms with E-state index in [2.05, 4.69) is 34.3 Å². The van der Waals surface area contributed by atoms with Gasteiger partial charge in [0.15, 0.2) is 0 Å². The summed E-state index contributed by atoms with van der Waals surface area (Å²) in [6.45, 7) is 14.7. The Labute approximate surface area is 108 Å². The topological polar surface area (TPSA) is 9.23 Å². The largest absolute Gasteiger partial charge is 0.384 e. The molecule has 1 saturated carbocycles. The first-order valence-corrected chi connectivity index (χ1v) is 7.10. The molecule has 1 unspecified atom stereocenters. The van der Waals surface area contributed by atoms with E-state index >= 15 is 0 Å². The van der Waals surface area contributed by atoms with Gasteiger partial charge in [-0.1, -0.05) is 46.3 Å². The Morgan fingerprint density at radius 2 is 2.06 bits per heavy atom. The third-order valence-electron chi connectivity index (χ3n) is 5.08. The van der Waals surface area contributed by atoms with Gasteiger partial charge in [-0.15, -0.1) is 0 Å².